The van der Waals surface area contributed by atoms with Gasteiger partial charge in [-0.15, -0.1) is 0 Å². The summed E-state index contributed by atoms with van der Waals surface area (Å²) in [4.78, 5) is 24.7. The topological polar surface area (TPSA) is 129 Å². The van der Waals surface area contributed by atoms with E-state index in [1.165, 1.54) is 64.2 Å². The molecular weight excluding hydrogens is 492 g/mol. The molecule has 0 saturated heterocycles. The minimum Gasteiger partial charge on any atom is -0.481 e. The van der Waals surface area contributed by atoms with Crippen molar-refractivity contribution >= 4 is 22.1 Å². The zero-order valence-corrected chi connectivity index (χ0v) is 24.8. The number of carboxylic acid groups (broad SMARTS) is 2. The average Bonchev–Trinajstić information content (AvgIpc) is 2.83. The fourth-order valence-corrected chi connectivity index (χ4v) is 6.42. The lowest BCUT2D eigenvalue weighted by Gasteiger charge is -2.40. The highest BCUT2D eigenvalue weighted by atomic mass is 32.2. The molecule has 0 aliphatic rings. The number of carbonyl (C=O) groups is 2. The molecule has 3 N–H and O–H groups in total. The first-order valence-electron chi connectivity index (χ1n) is 14.9. The maximum atomic E-state index is 12.6. The second kappa shape index (κ2) is 19.9. The molecule has 8 heteroatoms. The van der Waals surface area contributed by atoms with Crippen LogP contribution >= 0.6 is 0 Å². The zero-order chi connectivity index (χ0) is 28.2. The van der Waals surface area contributed by atoms with Gasteiger partial charge in [-0.2, -0.15) is 8.42 Å². The van der Waals surface area contributed by atoms with Gasteiger partial charge in [-0.05, 0) is 19.8 Å². The van der Waals surface area contributed by atoms with Crippen LogP contribution in [0.2, 0.25) is 0 Å². The molecule has 0 aliphatic carbocycles. The van der Waals surface area contributed by atoms with Crippen LogP contribution in [-0.4, -0.2) is 39.9 Å². The molecule has 0 radical (unpaired) electrons. The van der Waals surface area contributed by atoms with E-state index in [0.29, 0.717) is 25.7 Å². The monoisotopic (exact) mass is 548 g/mol. The van der Waals surface area contributed by atoms with E-state index in [9.17, 15) is 32.8 Å². The third kappa shape index (κ3) is 12.5. The molecule has 0 aliphatic heterocycles. The van der Waals surface area contributed by atoms with E-state index in [1.807, 2.05) is 0 Å². The van der Waals surface area contributed by atoms with Gasteiger partial charge in [-0.25, -0.2) is 0 Å². The first-order chi connectivity index (χ1) is 17.5. The molecule has 0 spiro atoms. The average molecular weight is 549 g/mol. The van der Waals surface area contributed by atoms with Gasteiger partial charge < -0.3 is 10.2 Å². The summed E-state index contributed by atoms with van der Waals surface area (Å²) in [7, 11) is -5.17. The van der Waals surface area contributed by atoms with Gasteiger partial charge in [-0.3, -0.25) is 14.1 Å². The van der Waals surface area contributed by atoms with Crippen LogP contribution in [0.5, 0.6) is 0 Å². The Hall–Kier alpha value is -1.15. The number of aliphatic carboxylic acids is 2. The quantitative estimate of drug-likeness (QED) is 0.0730. The molecule has 0 saturated carbocycles. The van der Waals surface area contributed by atoms with Gasteiger partial charge in [0.05, 0.1) is 0 Å². The van der Waals surface area contributed by atoms with E-state index in [-0.39, 0.29) is 12.8 Å². The van der Waals surface area contributed by atoms with Crippen molar-refractivity contribution in [1.29, 1.82) is 0 Å². The molecular formula is C29H56O7S. The van der Waals surface area contributed by atoms with Crippen molar-refractivity contribution in [3.05, 3.63) is 0 Å². The van der Waals surface area contributed by atoms with Crippen LogP contribution in [0.1, 0.15) is 162 Å². The highest BCUT2D eigenvalue weighted by Crippen LogP contribution is 2.47. The fourth-order valence-electron chi connectivity index (χ4n) is 5.41. The predicted molar refractivity (Wildman–Crippen MR) is 151 cm³/mol. The Balaban J connectivity index is 5.04. The molecule has 0 aromatic carbocycles. The van der Waals surface area contributed by atoms with Crippen molar-refractivity contribution in [3.63, 3.8) is 0 Å². The summed E-state index contributed by atoms with van der Waals surface area (Å²) in [5.74, 6) is -3.27. The molecule has 0 aromatic heterocycles. The highest BCUT2D eigenvalue weighted by Gasteiger charge is 2.65. The molecule has 0 rings (SSSR count). The van der Waals surface area contributed by atoms with Crippen molar-refractivity contribution in [3.8, 4) is 0 Å². The smallest absolute Gasteiger partial charge is 0.328 e. The number of rotatable bonds is 26. The maximum Gasteiger partial charge on any atom is 0.328 e. The van der Waals surface area contributed by atoms with Gasteiger partial charge in [0, 0.05) is 0 Å². The lowest BCUT2D eigenvalue weighted by molar-refractivity contribution is -0.161. The van der Waals surface area contributed by atoms with Crippen LogP contribution in [0, 0.1) is 5.41 Å². The molecule has 7 nitrogen and oxygen atoms in total. The SMILES string of the molecule is CCCCCCCCCCCCC(CCCCCCCCCCCC)(C(=O)O)C(C)(C(=O)O)S(=O)(=O)O. The Morgan fingerprint density at radius 2 is 0.811 bits per heavy atom. The third-order valence-corrected chi connectivity index (χ3v) is 9.76. The van der Waals surface area contributed by atoms with Gasteiger partial charge in [0.1, 0.15) is 5.41 Å². The molecule has 0 fully saturated rings. The minimum absolute atomic E-state index is 0.0845. The van der Waals surface area contributed by atoms with E-state index < -0.39 is 32.2 Å². The first-order valence-corrected chi connectivity index (χ1v) is 16.4. The Kier molecular flexibility index (Phi) is 19.2. The number of carboxylic acids is 2. The highest BCUT2D eigenvalue weighted by molar-refractivity contribution is 7.88. The van der Waals surface area contributed by atoms with Gasteiger partial charge >= 0.3 is 11.9 Å². The van der Waals surface area contributed by atoms with Crippen LogP contribution in [0.3, 0.4) is 0 Å². The molecule has 0 amide bonds. The van der Waals surface area contributed by atoms with Gasteiger partial charge in [0.2, 0.25) is 4.75 Å². The van der Waals surface area contributed by atoms with Crippen molar-refractivity contribution in [1.82, 2.24) is 0 Å². The molecule has 1 unspecified atom stereocenters. The number of hydrogen-bond acceptors (Lipinski definition) is 4. The van der Waals surface area contributed by atoms with Crippen molar-refractivity contribution in [2.75, 3.05) is 0 Å². The second-order valence-corrected chi connectivity index (χ2v) is 12.8. The van der Waals surface area contributed by atoms with E-state index in [4.69, 9.17) is 0 Å². The Labute approximate surface area is 226 Å². The maximum absolute atomic E-state index is 12.6. The predicted octanol–water partition coefficient (Wildman–Crippen LogP) is 8.41. The lowest BCUT2D eigenvalue weighted by atomic mass is 9.68. The lowest BCUT2D eigenvalue weighted by Crippen LogP contribution is -2.60. The fraction of sp³-hybridized carbons (Fsp3) is 0.931. The second-order valence-electron chi connectivity index (χ2n) is 11.1. The molecule has 37 heavy (non-hydrogen) atoms. The number of unbranched alkanes of at least 4 members (excludes halogenated alkanes) is 18. The molecule has 0 bridgehead atoms. The summed E-state index contributed by atoms with van der Waals surface area (Å²) < 4.78 is 31.8. The van der Waals surface area contributed by atoms with Crippen molar-refractivity contribution in [2.45, 2.75) is 167 Å². The summed E-state index contributed by atoms with van der Waals surface area (Å²) in [5.41, 5.74) is -2.08. The largest absolute Gasteiger partial charge is 0.481 e. The van der Waals surface area contributed by atoms with Crippen molar-refractivity contribution < 1.29 is 32.8 Å². The van der Waals surface area contributed by atoms with Gasteiger partial charge in [-0.1, -0.05) is 142 Å². The summed E-state index contributed by atoms with van der Waals surface area (Å²) in [6, 6.07) is 0. The van der Waals surface area contributed by atoms with Gasteiger partial charge in [0.25, 0.3) is 10.1 Å². The summed E-state index contributed by atoms with van der Waals surface area (Å²) >= 11 is 0. The normalized spacial score (nSPS) is 13.9. The van der Waals surface area contributed by atoms with Crippen molar-refractivity contribution in [2.24, 2.45) is 5.41 Å². The molecule has 220 valence electrons. The molecule has 1 atom stereocenters. The summed E-state index contributed by atoms with van der Waals surface area (Å²) in [6.07, 6.45) is 20.4. The summed E-state index contributed by atoms with van der Waals surface area (Å²) in [6.45, 7) is 5.24. The third-order valence-electron chi connectivity index (χ3n) is 8.16. The van der Waals surface area contributed by atoms with Crippen LogP contribution < -0.4 is 0 Å². The van der Waals surface area contributed by atoms with Crippen LogP contribution in [-0.2, 0) is 19.7 Å². The molecule has 0 aromatic rings. The van der Waals surface area contributed by atoms with Crippen LogP contribution in [0.4, 0.5) is 0 Å². The first kappa shape index (κ1) is 35.9. The zero-order valence-electron chi connectivity index (χ0n) is 23.9. The van der Waals surface area contributed by atoms with Crippen LogP contribution in [0.25, 0.3) is 0 Å². The standard InChI is InChI=1S/C29H56O7S/c1-4-6-8-10-12-14-16-18-20-22-24-29(27(32)33,28(3,26(30)31)37(34,35)36)25-23-21-19-17-15-13-11-9-7-5-2/h4-25H2,1-3H3,(H,30,31)(H,32,33)(H,34,35,36). The Bertz CT molecular complexity index is 696. The minimum atomic E-state index is -5.17. The molecule has 0 heterocycles. The van der Waals surface area contributed by atoms with E-state index >= 15 is 0 Å². The Morgan fingerprint density at radius 3 is 1.03 bits per heavy atom. The van der Waals surface area contributed by atoms with Crippen LogP contribution in [0.15, 0.2) is 0 Å². The van der Waals surface area contributed by atoms with E-state index in [1.54, 1.807) is 0 Å². The summed E-state index contributed by atoms with van der Waals surface area (Å²) in [5, 5.41) is 20.1. The Morgan fingerprint density at radius 1 is 0.541 bits per heavy atom. The van der Waals surface area contributed by atoms with E-state index in [0.717, 1.165) is 45.4 Å². The van der Waals surface area contributed by atoms with E-state index in [2.05, 4.69) is 13.8 Å². The number of hydrogen-bond donors (Lipinski definition) is 3. The van der Waals surface area contributed by atoms with Gasteiger partial charge in [0.15, 0.2) is 0 Å².